The summed E-state index contributed by atoms with van der Waals surface area (Å²) >= 11 is 5.97. The summed E-state index contributed by atoms with van der Waals surface area (Å²) in [6.45, 7) is 1.16. The van der Waals surface area contributed by atoms with Crippen molar-refractivity contribution >= 4 is 39.9 Å². The number of carbonyl (C=O) groups is 1. The van der Waals surface area contributed by atoms with Crippen LogP contribution in [0.25, 0.3) is 10.9 Å². The molecule has 1 aliphatic heterocycles. The molecule has 0 saturated carbocycles. The van der Waals surface area contributed by atoms with E-state index in [2.05, 4.69) is 22.3 Å². The van der Waals surface area contributed by atoms with Crippen LogP contribution in [0.2, 0.25) is 5.02 Å². The van der Waals surface area contributed by atoms with E-state index >= 15 is 0 Å². The highest BCUT2D eigenvalue weighted by atomic mass is 35.5. The minimum absolute atomic E-state index is 0.00377. The summed E-state index contributed by atoms with van der Waals surface area (Å²) in [5.74, 6) is 0.558. The van der Waals surface area contributed by atoms with Crippen molar-refractivity contribution in [2.45, 2.75) is 19.1 Å². The molecule has 0 aliphatic carbocycles. The molecule has 0 spiro atoms. The first-order valence-corrected chi connectivity index (χ1v) is 11.7. The van der Waals surface area contributed by atoms with Gasteiger partial charge in [0, 0.05) is 18.5 Å². The second-order valence-electron chi connectivity index (χ2n) is 8.47. The Morgan fingerprint density at radius 1 is 1.03 bits per heavy atom. The molecule has 1 N–H and O–H groups in total. The van der Waals surface area contributed by atoms with Gasteiger partial charge in [0.25, 0.3) is 5.91 Å². The Balaban J connectivity index is 1.32. The van der Waals surface area contributed by atoms with Gasteiger partial charge in [0.15, 0.2) is 6.61 Å². The van der Waals surface area contributed by atoms with Crippen molar-refractivity contribution < 1.29 is 22.7 Å². The number of hydrogen-bond acceptors (Lipinski definition) is 4. The molecular weight excluding hydrogens is 491 g/mol. The summed E-state index contributed by atoms with van der Waals surface area (Å²) < 4.78 is 44.7. The molecule has 0 fully saturated rings. The second kappa shape index (κ2) is 9.70. The third-order valence-electron chi connectivity index (χ3n) is 6.05. The van der Waals surface area contributed by atoms with Gasteiger partial charge in [-0.25, -0.2) is 4.98 Å². The third-order valence-corrected chi connectivity index (χ3v) is 6.38. The van der Waals surface area contributed by atoms with Gasteiger partial charge < -0.3 is 15.0 Å². The van der Waals surface area contributed by atoms with Gasteiger partial charge >= 0.3 is 6.18 Å². The van der Waals surface area contributed by atoms with E-state index in [0.29, 0.717) is 11.3 Å². The van der Waals surface area contributed by atoms with E-state index in [4.69, 9.17) is 21.3 Å². The van der Waals surface area contributed by atoms with Crippen LogP contribution in [0.3, 0.4) is 0 Å². The molecule has 9 heteroatoms. The standard InChI is InChI=1S/C27H21ClF3N3O2/c28-21-10-9-20(27(29,30)31)14-22(21)32-25(35)16-36-23-7-3-6-18-8-11-24(33-26(18)23)34-13-12-17-4-1-2-5-19(17)15-34/h1-11,14H,12-13,15-16H2,(H,32,35). The Labute approximate surface area is 210 Å². The Hall–Kier alpha value is -3.78. The van der Waals surface area contributed by atoms with E-state index < -0.39 is 24.3 Å². The summed E-state index contributed by atoms with van der Waals surface area (Å²) in [6.07, 6.45) is -3.63. The van der Waals surface area contributed by atoms with Gasteiger partial charge in [0.2, 0.25) is 0 Å². The Morgan fingerprint density at radius 3 is 2.64 bits per heavy atom. The lowest BCUT2D eigenvalue weighted by atomic mass is 10.00. The Morgan fingerprint density at radius 2 is 1.83 bits per heavy atom. The first-order chi connectivity index (χ1) is 17.3. The van der Waals surface area contributed by atoms with Gasteiger partial charge in [0.05, 0.1) is 16.3 Å². The molecule has 3 aromatic carbocycles. The number of benzene rings is 3. The zero-order valence-electron chi connectivity index (χ0n) is 19.0. The van der Waals surface area contributed by atoms with Crippen molar-refractivity contribution in [3.05, 3.63) is 94.5 Å². The van der Waals surface area contributed by atoms with Crippen LogP contribution in [0.5, 0.6) is 5.75 Å². The molecule has 1 amide bonds. The quantitative estimate of drug-likeness (QED) is 0.333. The molecule has 4 aromatic rings. The average molecular weight is 512 g/mol. The van der Waals surface area contributed by atoms with Gasteiger partial charge in [0.1, 0.15) is 17.1 Å². The highest BCUT2D eigenvalue weighted by Crippen LogP contribution is 2.34. The van der Waals surface area contributed by atoms with Crippen molar-refractivity contribution in [2.24, 2.45) is 0 Å². The number of para-hydroxylation sites is 1. The largest absolute Gasteiger partial charge is 0.481 e. The van der Waals surface area contributed by atoms with Crippen molar-refractivity contribution in [3.63, 3.8) is 0 Å². The number of aromatic nitrogens is 1. The molecule has 184 valence electrons. The van der Waals surface area contributed by atoms with Gasteiger partial charge in [-0.05, 0) is 53.9 Å². The van der Waals surface area contributed by atoms with Crippen LogP contribution in [0.1, 0.15) is 16.7 Å². The molecule has 0 unspecified atom stereocenters. The lowest BCUT2D eigenvalue weighted by Crippen LogP contribution is -2.30. The number of carbonyl (C=O) groups excluding carboxylic acids is 1. The monoisotopic (exact) mass is 511 g/mol. The maximum Gasteiger partial charge on any atom is 0.416 e. The van der Waals surface area contributed by atoms with Crippen LogP contribution in [-0.2, 0) is 23.9 Å². The molecule has 0 radical (unpaired) electrons. The van der Waals surface area contributed by atoms with Crippen molar-refractivity contribution in [2.75, 3.05) is 23.4 Å². The van der Waals surface area contributed by atoms with Crippen molar-refractivity contribution in [1.82, 2.24) is 4.98 Å². The molecular formula is C27H21ClF3N3O2. The zero-order chi connectivity index (χ0) is 25.3. The lowest BCUT2D eigenvalue weighted by Gasteiger charge is -2.30. The Kier molecular flexibility index (Phi) is 6.45. The first-order valence-electron chi connectivity index (χ1n) is 11.3. The number of hydrogen-bond donors (Lipinski definition) is 1. The first kappa shape index (κ1) is 23.9. The predicted molar refractivity (Wildman–Crippen MR) is 134 cm³/mol. The molecule has 1 aliphatic rings. The second-order valence-corrected chi connectivity index (χ2v) is 8.87. The van der Waals surface area contributed by atoms with Crippen LogP contribution in [-0.4, -0.2) is 24.0 Å². The normalized spacial score (nSPS) is 13.4. The van der Waals surface area contributed by atoms with E-state index in [9.17, 15) is 18.0 Å². The summed E-state index contributed by atoms with van der Waals surface area (Å²) in [5, 5.41) is 3.23. The van der Waals surface area contributed by atoms with Crippen LogP contribution in [0.4, 0.5) is 24.7 Å². The number of ether oxygens (including phenoxy) is 1. The number of halogens is 4. The lowest BCUT2D eigenvalue weighted by molar-refractivity contribution is -0.137. The molecule has 1 aromatic heterocycles. The fourth-order valence-electron chi connectivity index (χ4n) is 4.22. The third kappa shape index (κ3) is 5.09. The number of anilines is 2. The van der Waals surface area contributed by atoms with Crippen LogP contribution < -0.4 is 15.0 Å². The summed E-state index contributed by atoms with van der Waals surface area (Å²) in [4.78, 5) is 19.5. The van der Waals surface area contributed by atoms with Crippen LogP contribution in [0.15, 0.2) is 72.8 Å². The van der Waals surface area contributed by atoms with Crippen molar-refractivity contribution in [1.29, 1.82) is 0 Å². The summed E-state index contributed by atoms with van der Waals surface area (Å²) in [5.41, 5.74) is 2.15. The van der Waals surface area contributed by atoms with Gasteiger partial charge in [-0.1, -0.05) is 48.0 Å². The van der Waals surface area contributed by atoms with Crippen molar-refractivity contribution in [3.8, 4) is 5.75 Å². The number of nitrogens with zero attached hydrogens (tertiary/aromatic N) is 2. The molecule has 0 bridgehead atoms. The molecule has 0 atom stereocenters. The van der Waals surface area contributed by atoms with Gasteiger partial charge in [-0.3, -0.25) is 4.79 Å². The SMILES string of the molecule is O=C(COc1cccc2ccc(N3CCc4ccccc4C3)nc12)Nc1cc(C(F)(F)F)ccc1Cl. The number of nitrogens with one attached hydrogen (secondary N) is 1. The minimum Gasteiger partial charge on any atom is -0.481 e. The molecule has 36 heavy (non-hydrogen) atoms. The van der Waals surface area contributed by atoms with E-state index in [0.717, 1.165) is 48.9 Å². The number of rotatable bonds is 5. The molecule has 2 heterocycles. The topological polar surface area (TPSA) is 54.5 Å². The smallest absolute Gasteiger partial charge is 0.416 e. The fourth-order valence-corrected chi connectivity index (χ4v) is 4.39. The summed E-state index contributed by atoms with van der Waals surface area (Å²) in [6, 6.07) is 20.4. The number of alkyl halides is 3. The fraction of sp³-hybridized carbons (Fsp3) is 0.185. The predicted octanol–water partition coefficient (Wildman–Crippen LogP) is 6.49. The van der Waals surface area contributed by atoms with E-state index in [1.165, 1.54) is 11.1 Å². The maximum absolute atomic E-state index is 13.0. The van der Waals surface area contributed by atoms with Gasteiger partial charge in [-0.2, -0.15) is 13.2 Å². The molecule has 0 saturated heterocycles. The number of fused-ring (bicyclic) bond motifs is 2. The number of amides is 1. The molecule has 5 nitrogen and oxygen atoms in total. The zero-order valence-corrected chi connectivity index (χ0v) is 19.7. The highest BCUT2D eigenvalue weighted by Gasteiger charge is 2.31. The van der Waals surface area contributed by atoms with Crippen LogP contribution in [0, 0.1) is 0 Å². The van der Waals surface area contributed by atoms with Crippen LogP contribution >= 0.6 is 11.6 Å². The number of pyridine rings is 1. The Bertz CT molecular complexity index is 1440. The van der Waals surface area contributed by atoms with E-state index in [1.54, 1.807) is 12.1 Å². The highest BCUT2D eigenvalue weighted by molar-refractivity contribution is 6.33. The average Bonchev–Trinajstić information content (AvgIpc) is 2.87. The van der Waals surface area contributed by atoms with E-state index in [-0.39, 0.29) is 10.7 Å². The minimum atomic E-state index is -4.55. The summed E-state index contributed by atoms with van der Waals surface area (Å²) in [7, 11) is 0. The molecule has 5 rings (SSSR count). The van der Waals surface area contributed by atoms with E-state index in [1.807, 2.05) is 30.3 Å². The van der Waals surface area contributed by atoms with Gasteiger partial charge in [-0.15, -0.1) is 0 Å². The maximum atomic E-state index is 13.0.